The minimum atomic E-state index is -0.179. The predicted octanol–water partition coefficient (Wildman–Crippen LogP) is 2.14. The zero-order valence-corrected chi connectivity index (χ0v) is 15.8. The number of fused-ring (bicyclic) bond motifs is 1. The van der Waals surface area contributed by atoms with Crippen molar-refractivity contribution in [2.75, 3.05) is 26.8 Å². The summed E-state index contributed by atoms with van der Waals surface area (Å²) in [7, 11) is 1.61. The molecule has 0 spiro atoms. The minimum Gasteiger partial charge on any atom is -0.383 e. The summed E-state index contributed by atoms with van der Waals surface area (Å²) in [6.07, 6.45) is 0.329. The second-order valence-electron chi connectivity index (χ2n) is 7.00. The van der Waals surface area contributed by atoms with Gasteiger partial charge in [-0.25, -0.2) is 0 Å². The molecule has 0 aliphatic carbocycles. The van der Waals surface area contributed by atoms with Crippen molar-refractivity contribution in [3.05, 3.63) is 40.6 Å². The van der Waals surface area contributed by atoms with Crippen LogP contribution in [0.3, 0.4) is 0 Å². The zero-order chi connectivity index (χ0) is 18.8. The van der Waals surface area contributed by atoms with E-state index >= 15 is 0 Å². The molecule has 3 rings (SSSR count). The Morgan fingerprint density at radius 2 is 2.08 bits per heavy atom. The summed E-state index contributed by atoms with van der Waals surface area (Å²) >= 11 is 0. The fraction of sp³-hybridized carbons (Fsp3) is 0.450. The lowest BCUT2D eigenvalue weighted by Crippen LogP contribution is -2.38. The van der Waals surface area contributed by atoms with E-state index in [-0.39, 0.29) is 17.9 Å². The lowest BCUT2D eigenvalue weighted by atomic mass is 10.0. The molecule has 138 valence electrons. The Labute approximate surface area is 153 Å². The minimum absolute atomic E-state index is 0.0507. The van der Waals surface area contributed by atoms with Crippen LogP contribution < -0.4 is 5.32 Å². The van der Waals surface area contributed by atoms with Crippen molar-refractivity contribution in [1.29, 1.82) is 0 Å². The summed E-state index contributed by atoms with van der Waals surface area (Å²) in [6, 6.07) is 5.70. The fourth-order valence-corrected chi connectivity index (χ4v) is 3.55. The molecule has 0 saturated carbocycles. The molecule has 2 heterocycles. The Bertz CT molecular complexity index is 863. The van der Waals surface area contributed by atoms with Crippen LogP contribution >= 0.6 is 0 Å². The average Bonchev–Trinajstić information content (AvgIpc) is 2.92. The molecule has 26 heavy (non-hydrogen) atoms. The average molecular weight is 355 g/mol. The maximum Gasteiger partial charge on any atom is 0.252 e. The number of methoxy groups -OCH3 is 1. The van der Waals surface area contributed by atoms with E-state index in [1.165, 1.54) is 0 Å². The number of carbonyl (C=O) groups is 2. The van der Waals surface area contributed by atoms with E-state index in [1.807, 2.05) is 32.9 Å². The van der Waals surface area contributed by atoms with Crippen molar-refractivity contribution < 1.29 is 14.3 Å². The molecule has 1 aromatic heterocycles. The first-order chi connectivity index (χ1) is 12.4. The van der Waals surface area contributed by atoms with Gasteiger partial charge in [0, 0.05) is 37.7 Å². The Balaban J connectivity index is 1.84. The van der Waals surface area contributed by atoms with Crippen LogP contribution in [0, 0.1) is 20.8 Å². The highest BCUT2D eigenvalue weighted by atomic mass is 16.5. The van der Waals surface area contributed by atoms with Crippen LogP contribution in [-0.2, 0) is 9.53 Å². The van der Waals surface area contributed by atoms with E-state index in [4.69, 9.17) is 4.74 Å². The van der Waals surface area contributed by atoms with Gasteiger partial charge >= 0.3 is 0 Å². The van der Waals surface area contributed by atoms with Gasteiger partial charge in [-0.2, -0.15) is 0 Å². The third-order valence-corrected chi connectivity index (χ3v) is 4.74. The van der Waals surface area contributed by atoms with E-state index in [0.717, 1.165) is 27.7 Å². The smallest absolute Gasteiger partial charge is 0.252 e. The van der Waals surface area contributed by atoms with E-state index in [1.54, 1.807) is 12.0 Å². The molecule has 2 aromatic rings. The maximum absolute atomic E-state index is 12.9. The molecule has 1 N–H and O–H groups in total. The second-order valence-corrected chi connectivity index (χ2v) is 7.00. The largest absolute Gasteiger partial charge is 0.383 e. The first-order valence-electron chi connectivity index (χ1n) is 8.85. The number of nitrogens with zero attached hydrogens (tertiary/aromatic N) is 2. The summed E-state index contributed by atoms with van der Waals surface area (Å²) < 4.78 is 5.03. The number of amides is 2. The normalized spacial score (nSPS) is 17.2. The van der Waals surface area contributed by atoms with Crippen molar-refractivity contribution in [1.82, 2.24) is 15.2 Å². The first-order valence-corrected chi connectivity index (χ1v) is 8.85. The highest BCUT2D eigenvalue weighted by Gasteiger charge is 2.30. The molecule has 1 aliphatic rings. The molecule has 6 nitrogen and oxygen atoms in total. The SMILES string of the molecule is COCCN1CC(NC(=O)c2cc(C)nc3c(C)cc(C)cc23)CC1=O. The number of pyridine rings is 1. The summed E-state index contributed by atoms with van der Waals surface area (Å²) in [4.78, 5) is 31.3. The molecule has 1 saturated heterocycles. The fourth-order valence-electron chi connectivity index (χ4n) is 3.55. The predicted molar refractivity (Wildman–Crippen MR) is 100 cm³/mol. The van der Waals surface area contributed by atoms with Crippen molar-refractivity contribution >= 4 is 22.7 Å². The van der Waals surface area contributed by atoms with Gasteiger partial charge in [0.1, 0.15) is 0 Å². The summed E-state index contributed by atoms with van der Waals surface area (Å²) in [6.45, 7) is 7.48. The maximum atomic E-state index is 12.9. The van der Waals surface area contributed by atoms with Gasteiger partial charge in [0.25, 0.3) is 5.91 Å². The van der Waals surface area contributed by atoms with E-state index in [0.29, 0.717) is 31.7 Å². The third-order valence-electron chi connectivity index (χ3n) is 4.74. The molecule has 1 aliphatic heterocycles. The van der Waals surface area contributed by atoms with Crippen LogP contribution in [0.1, 0.15) is 33.6 Å². The van der Waals surface area contributed by atoms with Crippen molar-refractivity contribution in [2.45, 2.75) is 33.2 Å². The molecule has 1 atom stereocenters. The topological polar surface area (TPSA) is 71.5 Å². The molecule has 0 radical (unpaired) electrons. The van der Waals surface area contributed by atoms with Crippen molar-refractivity contribution in [3.8, 4) is 0 Å². The van der Waals surface area contributed by atoms with Gasteiger partial charge in [-0.1, -0.05) is 11.6 Å². The van der Waals surface area contributed by atoms with Crippen molar-refractivity contribution in [3.63, 3.8) is 0 Å². The number of aromatic nitrogens is 1. The lowest BCUT2D eigenvalue weighted by molar-refractivity contribution is -0.128. The van der Waals surface area contributed by atoms with Gasteiger partial charge in [-0.05, 0) is 38.5 Å². The standard InChI is InChI=1S/C20H25N3O3/c1-12-7-13(2)19-16(8-12)17(9-14(3)21-19)20(25)22-15-10-18(24)23(11-15)5-6-26-4/h7-9,15H,5-6,10-11H2,1-4H3,(H,22,25). The van der Waals surface area contributed by atoms with Gasteiger partial charge in [0.05, 0.1) is 23.7 Å². The van der Waals surface area contributed by atoms with Gasteiger partial charge in [-0.15, -0.1) is 0 Å². The van der Waals surface area contributed by atoms with E-state index < -0.39 is 0 Å². The third kappa shape index (κ3) is 3.70. The Morgan fingerprint density at radius 1 is 1.31 bits per heavy atom. The second kappa shape index (κ2) is 7.41. The number of nitrogens with one attached hydrogen (secondary N) is 1. The van der Waals surface area contributed by atoms with Crippen LogP contribution in [0.5, 0.6) is 0 Å². The van der Waals surface area contributed by atoms with Gasteiger partial charge in [0.15, 0.2) is 0 Å². The molecule has 2 amide bonds. The molecule has 1 fully saturated rings. The summed E-state index contributed by atoms with van der Waals surface area (Å²) in [5, 5.41) is 3.87. The molecule has 1 unspecified atom stereocenters. The number of likely N-dealkylation sites (tertiary alicyclic amines) is 1. The quantitative estimate of drug-likeness (QED) is 0.892. The number of benzene rings is 1. The highest BCUT2D eigenvalue weighted by molar-refractivity contribution is 6.07. The van der Waals surface area contributed by atoms with Crippen LogP contribution in [0.25, 0.3) is 10.9 Å². The van der Waals surface area contributed by atoms with Crippen LogP contribution in [-0.4, -0.2) is 54.5 Å². The molecular weight excluding hydrogens is 330 g/mol. The van der Waals surface area contributed by atoms with Gasteiger partial charge in [-0.3, -0.25) is 14.6 Å². The number of hydrogen-bond donors (Lipinski definition) is 1. The lowest BCUT2D eigenvalue weighted by Gasteiger charge is -2.17. The van der Waals surface area contributed by atoms with Gasteiger partial charge in [0.2, 0.25) is 5.91 Å². The molecule has 1 aromatic carbocycles. The van der Waals surface area contributed by atoms with Gasteiger partial charge < -0.3 is 15.0 Å². The van der Waals surface area contributed by atoms with E-state index in [2.05, 4.69) is 16.4 Å². The Morgan fingerprint density at radius 3 is 2.81 bits per heavy atom. The van der Waals surface area contributed by atoms with Crippen LogP contribution in [0.2, 0.25) is 0 Å². The zero-order valence-electron chi connectivity index (χ0n) is 15.8. The van der Waals surface area contributed by atoms with Crippen LogP contribution in [0.4, 0.5) is 0 Å². The number of ether oxygens (including phenoxy) is 1. The molecule has 0 bridgehead atoms. The Kier molecular flexibility index (Phi) is 5.23. The first kappa shape index (κ1) is 18.3. The highest BCUT2D eigenvalue weighted by Crippen LogP contribution is 2.24. The monoisotopic (exact) mass is 355 g/mol. The number of rotatable bonds is 5. The summed E-state index contributed by atoms with van der Waals surface area (Å²) in [5.41, 5.74) is 4.42. The molecule has 6 heteroatoms. The number of aryl methyl sites for hydroxylation is 3. The van der Waals surface area contributed by atoms with Crippen molar-refractivity contribution in [2.24, 2.45) is 0 Å². The number of carbonyl (C=O) groups excluding carboxylic acids is 2. The molecular formula is C20H25N3O3. The Hall–Kier alpha value is -2.47. The summed E-state index contributed by atoms with van der Waals surface area (Å²) in [5.74, 6) is -0.105. The van der Waals surface area contributed by atoms with Crippen LogP contribution in [0.15, 0.2) is 18.2 Å². The number of hydrogen-bond acceptors (Lipinski definition) is 4. The van der Waals surface area contributed by atoms with E-state index in [9.17, 15) is 9.59 Å².